The molecule has 0 bridgehead atoms. The third-order valence-corrected chi connectivity index (χ3v) is 5.30. The van der Waals surface area contributed by atoms with E-state index in [0.29, 0.717) is 0 Å². The molecule has 130 valence electrons. The number of carbonyl (C=O) groups excluding carboxylic acids is 1. The Morgan fingerprint density at radius 1 is 0.960 bits per heavy atom. The van der Waals surface area contributed by atoms with E-state index in [0.717, 1.165) is 56.8 Å². The molecule has 4 nitrogen and oxygen atoms in total. The third kappa shape index (κ3) is 3.14. The summed E-state index contributed by atoms with van der Waals surface area (Å²) in [5.41, 5.74) is 4.59. The standard InChI is InChI=1S/C21H25N3O/c1-22-13-15-23(16-14-22)21(25)24-19-9-4-2-3-7-17(19)11-12-18-8-5-6-10-20(18)24/h3-10H,2,11-16H2,1H3. The molecule has 25 heavy (non-hydrogen) atoms. The molecule has 1 aromatic carbocycles. The zero-order valence-electron chi connectivity index (χ0n) is 14.8. The molecule has 4 heteroatoms. The van der Waals surface area contributed by atoms with Gasteiger partial charge in [0.05, 0.1) is 11.4 Å². The molecule has 1 fully saturated rings. The molecule has 0 radical (unpaired) electrons. The molecule has 0 aromatic heterocycles. The molecule has 0 atom stereocenters. The molecule has 0 spiro atoms. The number of carbonyl (C=O) groups is 1. The molecule has 0 saturated carbocycles. The lowest BCUT2D eigenvalue weighted by molar-refractivity contribution is 0.160. The lowest BCUT2D eigenvalue weighted by Crippen LogP contribution is -2.51. The van der Waals surface area contributed by atoms with Crippen LogP contribution in [0.1, 0.15) is 18.4 Å². The van der Waals surface area contributed by atoms with E-state index < -0.39 is 0 Å². The number of fused-ring (bicyclic) bond motifs is 1. The van der Waals surface area contributed by atoms with Crippen LogP contribution in [0.2, 0.25) is 0 Å². The van der Waals surface area contributed by atoms with Gasteiger partial charge in [-0.25, -0.2) is 4.79 Å². The lowest BCUT2D eigenvalue weighted by atomic mass is 10.0. The van der Waals surface area contributed by atoms with Crippen LogP contribution < -0.4 is 4.90 Å². The van der Waals surface area contributed by atoms with Gasteiger partial charge >= 0.3 is 6.03 Å². The first-order valence-corrected chi connectivity index (χ1v) is 9.16. The van der Waals surface area contributed by atoms with Crippen molar-refractivity contribution >= 4 is 11.7 Å². The van der Waals surface area contributed by atoms with Gasteiger partial charge in [-0.05, 0) is 49.6 Å². The predicted octanol–water partition coefficient (Wildman–Crippen LogP) is 3.58. The van der Waals surface area contributed by atoms with Crippen molar-refractivity contribution in [1.82, 2.24) is 9.80 Å². The number of para-hydroxylation sites is 1. The van der Waals surface area contributed by atoms with E-state index in [1.165, 1.54) is 11.1 Å². The van der Waals surface area contributed by atoms with Crippen molar-refractivity contribution in [3.05, 3.63) is 65.4 Å². The Morgan fingerprint density at radius 3 is 2.56 bits per heavy atom. The molecule has 1 saturated heterocycles. The number of aryl methyl sites for hydroxylation is 1. The molecular formula is C21H25N3O. The monoisotopic (exact) mass is 335 g/mol. The predicted molar refractivity (Wildman–Crippen MR) is 102 cm³/mol. The van der Waals surface area contributed by atoms with Gasteiger partial charge in [0.25, 0.3) is 0 Å². The first-order valence-electron chi connectivity index (χ1n) is 9.16. The fraction of sp³-hybridized carbons (Fsp3) is 0.381. The summed E-state index contributed by atoms with van der Waals surface area (Å²) in [5.74, 6) is 0. The van der Waals surface area contributed by atoms with E-state index in [-0.39, 0.29) is 6.03 Å². The number of rotatable bonds is 0. The Kier molecular flexibility index (Phi) is 4.45. The van der Waals surface area contributed by atoms with Gasteiger partial charge in [-0.15, -0.1) is 0 Å². The Hall–Kier alpha value is -2.33. The lowest BCUT2D eigenvalue weighted by Gasteiger charge is -2.37. The van der Waals surface area contributed by atoms with Gasteiger partial charge in [-0.3, -0.25) is 4.90 Å². The van der Waals surface area contributed by atoms with E-state index in [2.05, 4.69) is 54.5 Å². The van der Waals surface area contributed by atoms with E-state index in [1.54, 1.807) is 0 Å². The van der Waals surface area contributed by atoms with Gasteiger partial charge in [-0.1, -0.05) is 36.4 Å². The summed E-state index contributed by atoms with van der Waals surface area (Å²) in [7, 11) is 2.11. The van der Waals surface area contributed by atoms with E-state index in [9.17, 15) is 4.79 Å². The van der Waals surface area contributed by atoms with Crippen LogP contribution in [0, 0.1) is 0 Å². The Balaban J connectivity index is 1.77. The number of benzene rings is 1. The van der Waals surface area contributed by atoms with Crippen LogP contribution in [0.3, 0.4) is 0 Å². The second-order valence-electron chi connectivity index (χ2n) is 6.99. The van der Waals surface area contributed by atoms with Gasteiger partial charge in [-0.2, -0.15) is 0 Å². The summed E-state index contributed by atoms with van der Waals surface area (Å²) < 4.78 is 0. The number of urea groups is 1. The minimum Gasteiger partial charge on any atom is -0.321 e. The molecule has 1 aromatic rings. The third-order valence-electron chi connectivity index (χ3n) is 5.30. The number of hydrogen-bond donors (Lipinski definition) is 0. The quantitative estimate of drug-likeness (QED) is 0.724. The van der Waals surface area contributed by atoms with Crippen molar-refractivity contribution < 1.29 is 4.79 Å². The van der Waals surface area contributed by atoms with Crippen molar-refractivity contribution in [2.24, 2.45) is 0 Å². The van der Waals surface area contributed by atoms with Crippen molar-refractivity contribution in [1.29, 1.82) is 0 Å². The number of hydrogen-bond acceptors (Lipinski definition) is 2. The maximum atomic E-state index is 13.5. The largest absolute Gasteiger partial charge is 0.329 e. The first-order chi connectivity index (χ1) is 12.2. The van der Waals surface area contributed by atoms with E-state index in [4.69, 9.17) is 0 Å². The fourth-order valence-corrected chi connectivity index (χ4v) is 3.78. The summed E-state index contributed by atoms with van der Waals surface area (Å²) in [4.78, 5) is 19.7. The molecule has 2 amide bonds. The molecule has 0 N–H and O–H groups in total. The van der Waals surface area contributed by atoms with E-state index in [1.807, 2.05) is 15.9 Å². The summed E-state index contributed by atoms with van der Waals surface area (Å²) in [6.45, 7) is 3.44. The Morgan fingerprint density at radius 2 is 1.72 bits per heavy atom. The Labute approximate surface area is 149 Å². The normalized spacial score (nSPS) is 20.8. The molecule has 0 unspecified atom stereocenters. The van der Waals surface area contributed by atoms with E-state index >= 15 is 0 Å². The van der Waals surface area contributed by atoms with Gasteiger partial charge in [0.2, 0.25) is 0 Å². The van der Waals surface area contributed by atoms with Crippen LogP contribution in [0.4, 0.5) is 10.5 Å². The van der Waals surface area contributed by atoms with Gasteiger partial charge in [0, 0.05) is 26.2 Å². The highest BCUT2D eigenvalue weighted by Crippen LogP contribution is 2.35. The highest BCUT2D eigenvalue weighted by atomic mass is 16.2. The first kappa shape index (κ1) is 16.2. The van der Waals surface area contributed by atoms with Crippen LogP contribution in [-0.4, -0.2) is 49.1 Å². The summed E-state index contributed by atoms with van der Waals surface area (Å²) in [5, 5.41) is 0. The second kappa shape index (κ2) is 6.89. The minimum absolute atomic E-state index is 0.106. The number of likely N-dealkylation sites (N-methyl/N-ethyl adjacent to an activating group) is 1. The minimum atomic E-state index is 0.106. The number of anilines is 1. The molecule has 2 aliphatic heterocycles. The van der Waals surface area contributed by atoms with Crippen molar-refractivity contribution in [2.75, 3.05) is 38.1 Å². The summed E-state index contributed by atoms with van der Waals surface area (Å²) in [6, 6.07) is 8.45. The van der Waals surface area contributed by atoms with Gasteiger partial charge in [0.15, 0.2) is 0 Å². The van der Waals surface area contributed by atoms with Gasteiger partial charge in [0.1, 0.15) is 0 Å². The summed E-state index contributed by atoms with van der Waals surface area (Å²) >= 11 is 0. The van der Waals surface area contributed by atoms with Crippen LogP contribution >= 0.6 is 0 Å². The zero-order chi connectivity index (χ0) is 17.2. The van der Waals surface area contributed by atoms with Crippen molar-refractivity contribution in [2.45, 2.75) is 19.3 Å². The van der Waals surface area contributed by atoms with Crippen LogP contribution in [0.5, 0.6) is 0 Å². The van der Waals surface area contributed by atoms with Crippen LogP contribution in [0.25, 0.3) is 0 Å². The highest BCUT2D eigenvalue weighted by Gasteiger charge is 2.31. The molecule has 2 heterocycles. The molecular weight excluding hydrogens is 310 g/mol. The molecule has 4 rings (SSSR count). The second-order valence-corrected chi connectivity index (χ2v) is 6.99. The van der Waals surface area contributed by atoms with Gasteiger partial charge < -0.3 is 9.80 Å². The molecule has 1 aliphatic carbocycles. The zero-order valence-corrected chi connectivity index (χ0v) is 14.8. The fourth-order valence-electron chi connectivity index (χ4n) is 3.78. The van der Waals surface area contributed by atoms with Crippen LogP contribution in [-0.2, 0) is 6.42 Å². The number of amides is 2. The smallest absolute Gasteiger partial charge is 0.321 e. The number of allylic oxidation sites excluding steroid dienone is 5. The maximum absolute atomic E-state index is 13.5. The topological polar surface area (TPSA) is 26.8 Å². The average Bonchev–Trinajstić information content (AvgIpc) is 2.94. The molecule has 3 aliphatic rings. The van der Waals surface area contributed by atoms with Crippen molar-refractivity contribution in [3.8, 4) is 0 Å². The van der Waals surface area contributed by atoms with Crippen molar-refractivity contribution in [3.63, 3.8) is 0 Å². The summed E-state index contributed by atoms with van der Waals surface area (Å²) in [6.07, 6.45) is 11.5. The Bertz CT molecular complexity index is 754. The van der Waals surface area contributed by atoms with Crippen LogP contribution in [0.15, 0.2) is 59.8 Å². The number of nitrogens with zero attached hydrogens (tertiary/aromatic N) is 3. The maximum Gasteiger partial charge on any atom is 0.329 e. The SMILES string of the molecule is CN1CCN(C(=O)N2C3=C(C=CCC=C3)CCc3ccccc32)CC1. The average molecular weight is 335 g/mol. The highest BCUT2D eigenvalue weighted by molar-refractivity contribution is 5.97. The number of piperazine rings is 1.